The van der Waals surface area contributed by atoms with Crippen molar-refractivity contribution in [3.05, 3.63) is 41.4 Å². The number of H-pyrrole nitrogens is 1. The van der Waals surface area contributed by atoms with E-state index in [-0.39, 0.29) is 6.61 Å². The molecule has 3 rings (SSSR count). The van der Waals surface area contributed by atoms with E-state index in [1.165, 1.54) is 18.1 Å². The molecule has 0 bridgehead atoms. The summed E-state index contributed by atoms with van der Waals surface area (Å²) >= 11 is 7.49. The Kier molecular flexibility index (Phi) is 3.37. The number of benzene rings is 1. The number of hydrogen-bond donors (Lipinski definition) is 2. The molecule has 1 aromatic carbocycles. The average Bonchev–Trinajstić information content (AvgIpc) is 2.88. The van der Waals surface area contributed by atoms with Crippen LogP contribution in [0.15, 0.2) is 40.8 Å². The second kappa shape index (κ2) is 5.16. The lowest BCUT2D eigenvalue weighted by molar-refractivity contribution is 0.279. The Balaban J connectivity index is 2.06. The molecule has 0 aliphatic rings. The molecule has 0 fully saturated rings. The van der Waals surface area contributed by atoms with E-state index in [9.17, 15) is 5.11 Å². The van der Waals surface area contributed by atoms with E-state index in [4.69, 9.17) is 11.6 Å². The van der Waals surface area contributed by atoms with Crippen LogP contribution in [-0.4, -0.2) is 25.0 Å². The van der Waals surface area contributed by atoms with Gasteiger partial charge in [0.05, 0.1) is 12.9 Å². The molecule has 2 aromatic heterocycles. The molecule has 0 amide bonds. The van der Waals surface area contributed by atoms with Gasteiger partial charge in [-0.25, -0.2) is 15.0 Å². The lowest BCUT2D eigenvalue weighted by Crippen LogP contribution is -1.91. The smallest absolute Gasteiger partial charge is 0.181 e. The van der Waals surface area contributed by atoms with E-state index >= 15 is 0 Å². The number of aromatic amines is 1. The standard InChI is InChI=1S/C12H9ClN4OS/c13-8-2-1-3-9(7(8)4-18)19-12-10-11(15-5-14-10)16-6-17-12/h1-3,5-6,18H,4H2,(H,14,15,16,17). The quantitative estimate of drug-likeness (QED) is 0.726. The van der Waals surface area contributed by atoms with Gasteiger partial charge in [0.25, 0.3) is 0 Å². The summed E-state index contributed by atoms with van der Waals surface area (Å²) in [5.74, 6) is 0. The van der Waals surface area contributed by atoms with Crippen molar-refractivity contribution in [2.24, 2.45) is 0 Å². The molecule has 0 aliphatic heterocycles. The summed E-state index contributed by atoms with van der Waals surface area (Å²) in [5, 5.41) is 10.7. The van der Waals surface area contributed by atoms with Gasteiger partial charge in [-0.05, 0) is 12.1 Å². The lowest BCUT2D eigenvalue weighted by atomic mass is 10.2. The van der Waals surface area contributed by atoms with Gasteiger partial charge in [0.1, 0.15) is 16.9 Å². The van der Waals surface area contributed by atoms with E-state index in [2.05, 4.69) is 19.9 Å². The molecule has 2 N–H and O–H groups in total. The summed E-state index contributed by atoms with van der Waals surface area (Å²) in [6.45, 7) is -0.112. The summed E-state index contributed by atoms with van der Waals surface area (Å²) in [6, 6.07) is 5.49. The number of nitrogens with one attached hydrogen (secondary N) is 1. The van der Waals surface area contributed by atoms with Crippen molar-refractivity contribution >= 4 is 34.5 Å². The Hall–Kier alpha value is -1.63. The lowest BCUT2D eigenvalue weighted by Gasteiger charge is -2.08. The monoisotopic (exact) mass is 292 g/mol. The number of aromatic nitrogens is 4. The fraction of sp³-hybridized carbons (Fsp3) is 0.0833. The number of imidazole rings is 1. The summed E-state index contributed by atoms with van der Waals surface area (Å²) in [7, 11) is 0. The van der Waals surface area contributed by atoms with Crippen LogP contribution in [-0.2, 0) is 6.61 Å². The van der Waals surface area contributed by atoms with Crippen LogP contribution in [0.1, 0.15) is 5.56 Å². The van der Waals surface area contributed by atoms with Gasteiger partial charge in [0, 0.05) is 15.5 Å². The van der Waals surface area contributed by atoms with Crippen LogP contribution in [0.25, 0.3) is 11.2 Å². The number of aliphatic hydroxyl groups is 1. The van der Waals surface area contributed by atoms with E-state index < -0.39 is 0 Å². The van der Waals surface area contributed by atoms with Gasteiger partial charge in [-0.1, -0.05) is 29.4 Å². The van der Waals surface area contributed by atoms with E-state index in [0.717, 1.165) is 15.4 Å². The topological polar surface area (TPSA) is 74.7 Å². The molecule has 0 spiro atoms. The molecule has 0 aliphatic carbocycles. The molecule has 0 atom stereocenters. The average molecular weight is 293 g/mol. The summed E-state index contributed by atoms with van der Waals surface area (Å²) < 4.78 is 0. The number of aliphatic hydroxyl groups excluding tert-OH is 1. The normalized spacial score (nSPS) is 11.1. The highest BCUT2D eigenvalue weighted by Gasteiger charge is 2.12. The maximum atomic E-state index is 9.40. The summed E-state index contributed by atoms with van der Waals surface area (Å²) in [5.41, 5.74) is 2.09. The third-order valence-corrected chi connectivity index (χ3v) is 4.09. The van der Waals surface area contributed by atoms with Crippen LogP contribution >= 0.6 is 23.4 Å². The van der Waals surface area contributed by atoms with Crippen LogP contribution in [0.4, 0.5) is 0 Å². The third kappa shape index (κ3) is 2.30. The first kappa shape index (κ1) is 12.4. The Morgan fingerprint density at radius 2 is 2.16 bits per heavy atom. The number of hydrogen-bond acceptors (Lipinski definition) is 5. The number of nitrogens with zero attached hydrogens (tertiary/aromatic N) is 3. The fourth-order valence-electron chi connectivity index (χ4n) is 1.71. The molecule has 96 valence electrons. The first-order valence-corrected chi connectivity index (χ1v) is 6.69. The van der Waals surface area contributed by atoms with E-state index in [0.29, 0.717) is 16.2 Å². The van der Waals surface area contributed by atoms with Crippen LogP contribution in [0.3, 0.4) is 0 Å². The van der Waals surface area contributed by atoms with Gasteiger partial charge in [-0.15, -0.1) is 0 Å². The Bertz CT molecular complexity index is 731. The number of rotatable bonds is 3. The van der Waals surface area contributed by atoms with E-state index in [1.807, 2.05) is 12.1 Å². The molecular weight excluding hydrogens is 284 g/mol. The molecule has 0 unspecified atom stereocenters. The third-order valence-electron chi connectivity index (χ3n) is 2.63. The summed E-state index contributed by atoms with van der Waals surface area (Å²) in [4.78, 5) is 16.3. The predicted octanol–water partition coefficient (Wildman–Crippen LogP) is 2.65. The zero-order valence-electron chi connectivity index (χ0n) is 9.67. The maximum absolute atomic E-state index is 9.40. The molecular formula is C12H9ClN4OS. The molecule has 2 heterocycles. The minimum atomic E-state index is -0.112. The summed E-state index contributed by atoms with van der Waals surface area (Å²) in [6.07, 6.45) is 3.04. The van der Waals surface area contributed by atoms with Crippen molar-refractivity contribution < 1.29 is 5.11 Å². The zero-order valence-corrected chi connectivity index (χ0v) is 11.2. The number of halogens is 1. The van der Waals surface area contributed by atoms with Gasteiger partial charge in [0.15, 0.2) is 5.65 Å². The van der Waals surface area contributed by atoms with Crippen molar-refractivity contribution in [2.45, 2.75) is 16.5 Å². The first-order valence-electron chi connectivity index (χ1n) is 5.50. The molecule has 19 heavy (non-hydrogen) atoms. The Labute approximate surface area is 118 Å². The van der Waals surface area contributed by atoms with Crippen LogP contribution in [0, 0.1) is 0 Å². The fourth-order valence-corrected chi connectivity index (χ4v) is 3.01. The van der Waals surface area contributed by atoms with Gasteiger partial charge in [-0.3, -0.25) is 0 Å². The van der Waals surface area contributed by atoms with Crippen molar-refractivity contribution in [3.8, 4) is 0 Å². The molecule has 0 radical (unpaired) electrons. The van der Waals surface area contributed by atoms with Crippen LogP contribution in [0.2, 0.25) is 5.02 Å². The highest BCUT2D eigenvalue weighted by atomic mass is 35.5. The highest BCUT2D eigenvalue weighted by Crippen LogP contribution is 2.34. The van der Waals surface area contributed by atoms with Crippen molar-refractivity contribution in [2.75, 3.05) is 0 Å². The second-order valence-electron chi connectivity index (χ2n) is 3.76. The number of fused-ring (bicyclic) bond motifs is 1. The Morgan fingerprint density at radius 3 is 3.00 bits per heavy atom. The van der Waals surface area contributed by atoms with E-state index in [1.54, 1.807) is 12.4 Å². The highest BCUT2D eigenvalue weighted by molar-refractivity contribution is 7.99. The van der Waals surface area contributed by atoms with Crippen molar-refractivity contribution in [1.82, 2.24) is 19.9 Å². The van der Waals surface area contributed by atoms with Gasteiger partial charge in [0.2, 0.25) is 0 Å². The first-order chi connectivity index (χ1) is 9.29. The molecule has 7 heteroatoms. The minimum absolute atomic E-state index is 0.112. The molecule has 3 aromatic rings. The molecule has 0 saturated heterocycles. The predicted molar refractivity (Wildman–Crippen MR) is 73.2 cm³/mol. The van der Waals surface area contributed by atoms with Crippen LogP contribution in [0.5, 0.6) is 0 Å². The Morgan fingerprint density at radius 1 is 1.26 bits per heavy atom. The minimum Gasteiger partial charge on any atom is -0.392 e. The maximum Gasteiger partial charge on any atom is 0.181 e. The van der Waals surface area contributed by atoms with Crippen molar-refractivity contribution in [3.63, 3.8) is 0 Å². The van der Waals surface area contributed by atoms with Gasteiger partial charge >= 0.3 is 0 Å². The van der Waals surface area contributed by atoms with Gasteiger partial charge < -0.3 is 10.1 Å². The van der Waals surface area contributed by atoms with Crippen LogP contribution < -0.4 is 0 Å². The zero-order chi connectivity index (χ0) is 13.2. The van der Waals surface area contributed by atoms with Gasteiger partial charge in [-0.2, -0.15) is 0 Å². The SMILES string of the molecule is OCc1c(Cl)cccc1Sc1ncnc2nc[nH]c12. The largest absolute Gasteiger partial charge is 0.392 e. The second-order valence-corrected chi connectivity index (χ2v) is 5.19. The van der Waals surface area contributed by atoms with Crippen molar-refractivity contribution in [1.29, 1.82) is 0 Å². The molecule has 5 nitrogen and oxygen atoms in total. The molecule has 0 saturated carbocycles.